The van der Waals surface area contributed by atoms with E-state index in [1.165, 1.54) is 0 Å². The van der Waals surface area contributed by atoms with Crippen molar-refractivity contribution < 1.29 is 4.79 Å². The predicted molar refractivity (Wildman–Crippen MR) is 70.6 cm³/mol. The molecule has 90 valence electrons. The zero-order chi connectivity index (χ0) is 12.1. The minimum absolute atomic E-state index is 0.0820. The van der Waals surface area contributed by atoms with Gasteiger partial charge < -0.3 is 10.6 Å². The number of anilines is 1. The highest BCUT2D eigenvalue weighted by Gasteiger charge is 2.11. The van der Waals surface area contributed by atoms with Crippen LogP contribution in [0, 0.1) is 0 Å². The van der Waals surface area contributed by atoms with Gasteiger partial charge in [0.1, 0.15) is 0 Å². The number of rotatable bonds is 4. The first-order chi connectivity index (χ1) is 8.31. The van der Waals surface area contributed by atoms with Crippen LogP contribution < -0.4 is 10.6 Å². The third-order valence-corrected chi connectivity index (χ3v) is 2.78. The van der Waals surface area contributed by atoms with Gasteiger partial charge in [-0.2, -0.15) is 0 Å². The van der Waals surface area contributed by atoms with Crippen molar-refractivity contribution >= 4 is 17.3 Å². The highest BCUT2D eigenvalue weighted by molar-refractivity contribution is 5.94. The largest absolute Gasteiger partial charge is 0.384 e. The molecule has 2 rings (SSSR count). The molecule has 0 aromatic heterocycles. The van der Waals surface area contributed by atoms with E-state index in [1.54, 1.807) is 0 Å². The summed E-state index contributed by atoms with van der Waals surface area (Å²) in [5, 5.41) is 6.30. The first-order valence-corrected chi connectivity index (χ1v) is 6.14. The number of carbonyl (C=O) groups is 1. The predicted octanol–water partition coefficient (Wildman–Crippen LogP) is 2.76. The smallest absolute Gasteiger partial charge is 0.224 e. The molecule has 1 heterocycles. The number of benzene rings is 1. The maximum atomic E-state index is 11.6. The van der Waals surface area contributed by atoms with E-state index in [-0.39, 0.29) is 5.91 Å². The Kier molecular flexibility index (Phi) is 3.81. The molecule has 0 fully saturated rings. The molecule has 1 aromatic carbocycles. The van der Waals surface area contributed by atoms with Crippen LogP contribution >= 0.6 is 0 Å². The highest BCUT2D eigenvalue weighted by Crippen LogP contribution is 2.24. The topological polar surface area (TPSA) is 41.1 Å². The second kappa shape index (κ2) is 5.53. The van der Waals surface area contributed by atoms with Crippen molar-refractivity contribution in [1.82, 2.24) is 5.32 Å². The van der Waals surface area contributed by atoms with Crippen LogP contribution in [0.3, 0.4) is 0 Å². The van der Waals surface area contributed by atoms with Crippen LogP contribution in [0.4, 0.5) is 5.69 Å². The molecule has 3 nitrogen and oxygen atoms in total. The minimum atomic E-state index is 0.0820. The van der Waals surface area contributed by atoms with E-state index >= 15 is 0 Å². The molecule has 1 aromatic rings. The zero-order valence-electron chi connectivity index (χ0n) is 10.1. The fourth-order valence-electron chi connectivity index (χ4n) is 1.97. The van der Waals surface area contributed by atoms with E-state index in [2.05, 4.69) is 16.7 Å². The van der Waals surface area contributed by atoms with Crippen molar-refractivity contribution in [3.8, 4) is 0 Å². The van der Waals surface area contributed by atoms with Gasteiger partial charge in [-0.1, -0.05) is 31.2 Å². The normalized spacial score (nSPS) is 14.1. The minimum Gasteiger partial charge on any atom is -0.384 e. The van der Waals surface area contributed by atoms with Crippen LogP contribution in [0.1, 0.15) is 31.7 Å². The summed E-state index contributed by atoms with van der Waals surface area (Å²) in [5.74, 6) is 0.0820. The van der Waals surface area contributed by atoms with Gasteiger partial charge in [0.15, 0.2) is 0 Å². The third-order valence-electron chi connectivity index (χ3n) is 2.78. The average Bonchev–Trinajstić information content (AvgIpc) is 2.83. The Balaban J connectivity index is 2.18. The number of hydrogen-bond donors (Lipinski definition) is 2. The molecule has 1 aliphatic rings. The van der Waals surface area contributed by atoms with Crippen molar-refractivity contribution in [1.29, 1.82) is 0 Å². The third kappa shape index (κ3) is 2.87. The van der Waals surface area contributed by atoms with E-state index in [4.69, 9.17) is 0 Å². The van der Waals surface area contributed by atoms with Gasteiger partial charge in [0.05, 0.1) is 5.69 Å². The Morgan fingerprint density at radius 1 is 1.41 bits per heavy atom. The zero-order valence-corrected chi connectivity index (χ0v) is 10.1. The Bertz CT molecular complexity index is 438. The summed E-state index contributed by atoms with van der Waals surface area (Å²) in [7, 11) is 0. The van der Waals surface area contributed by atoms with Crippen LogP contribution in [0.5, 0.6) is 0 Å². The van der Waals surface area contributed by atoms with Crippen molar-refractivity contribution in [3.63, 3.8) is 0 Å². The summed E-state index contributed by atoms with van der Waals surface area (Å²) in [6, 6.07) is 7.92. The molecule has 17 heavy (non-hydrogen) atoms. The van der Waals surface area contributed by atoms with Crippen LogP contribution in [0.25, 0.3) is 5.70 Å². The molecular weight excluding hydrogens is 212 g/mol. The number of hydrogen-bond acceptors (Lipinski definition) is 2. The van der Waals surface area contributed by atoms with Gasteiger partial charge in [0.25, 0.3) is 0 Å². The van der Waals surface area contributed by atoms with Crippen LogP contribution in [0.15, 0.2) is 30.3 Å². The maximum Gasteiger partial charge on any atom is 0.224 e. The van der Waals surface area contributed by atoms with Crippen LogP contribution in [-0.4, -0.2) is 12.5 Å². The fraction of sp³-hybridized carbons (Fsp3) is 0.357. The molecule has 0 atom stereocenters. The lowest BCUT2D eigenvalue weighted by Crippen LogP contribution is -2.14. The highest BCUT2D eigenvalue weighted by atomic mass is 16.1. The van der Waals surface area contributed by atoms with E-state index < -0.39 is 0 Å². The molecule has 0 saturated heterocycles. The molecule has 0 aliphatic carbocycles. The Labute approximate surface area is 102 Å². The summed E-state index contributed by atoms with van der Waals surface area (Å²) in [5.41, 5.74) is 3.10. The molecule has 0 radical (unpaired) electrons. The van der Waals surface area contributed by atoms with E-state index in [0.717, 1.165) is 36.3 Å². The van der Waals surface area contributed by atoms with Gasteiger partial charge in [-0.25, -0.2) is 0 Å². The average molecular weight is 230 g/mol. The lowest BCUT2D eigenvalue weighted by molar-refractivity contribution is -0.116. The SMILES string of the molecule is CCCC(=O)Nc1ccccc1C1=CCCN1. The van der Waals surface area contributed by atoms with E-state index in [0.29, 0.717) is 6.42 Å². The Morgan fingerprint density at radius 3 is 2.94 bits per heavy atom. The summed E-state index contributed by atoms with van der Waals surface area (Å²) >= 11 is 0. The molecular formula is C14H18N2O. The van der Waals surface area contributed by atoms with Gasteiger partial charge in [-0.05, 0) is 18.9 Å². The second-order valence-electron chi connectivity index (χ2n) is 4.18. The summed E-state index contributed by atoms with van der Waals surface area (Å²) < 4.78 is 0. The molecule has 3 heteroatoms. The fourth-order valence-corrected chi connectivity index (χ4v) is 1.97. The molecule has 0 bridgehead atoms. The van der Waals surface area contributed by atoms with Crippen molar-refractivity contribution in [2.45, 2.75) is 26.2 Å². The lowest BCUT2D eigenvalue weighted by Gasteiger charge is -2.12. The number of para-hydroxylation sites is 1. The van der Waals surface area contributed by atoms with Gasteiger partial charge in [0.2, 0.25) is 5.91 Å². The Hall–Kier alpha value is -1.77. The molecule has 1 amide bonds. The van der Waals surface area contributed by atoms with Crippen LogP contribution in [-0.2, 0) is 4.79 Å². The first-order valence-electron chi connectivity index (χ1n) is 6.14. The summed E-state index contributed by atoms with van der Waals surface area (Å²) in [4.78, 5) is 11.6. The lowest BCUT2D eigenvalue weighted by atomic mass is 10.1. The maximum absolute atomic E-state index is 11.6. The van der Waals surface area contributed by atoms with Crippen molar-refractivity contribution in [2.24, 2.45) is 0 Å². The number of amides is 1. The van der Waals surface area contributed by atoms with Gasteiger partial charge in [0, 0.05) is 24.2 Å². The molecule has 0 saturated carbocycles. The summed E-state index contributed by atoms with van der Waals surface area (Å²) in [6.07, 6.45) is 4.66. The second-order valence-corrected chi connectivity index (χ2v) is 4.18. The van der Waals surface area contributed by atoms with Crippen molar-refractivity contribution in [3.05, 3.63) is 35.9 Å². The quantitative estimate of drug-likeness (QED) is 0.835. The first kappa shape index (κ1) is 11.7. The summed E-state index contributed by atoms with van der Waals surface area (Å²) in [6.45, 7) is 2.99. The molecule has 2 N–H and O–H groups in total. The number of nitrogens with one attached hydrogen (secondary N) is 2. The monoisotopic (exact) mass is 230 g/mol. The van der Waals surface area contributed by atoms with Crippen LogP contribution in [0.2, 0.25) is 0 Å². The van der Waals surface area contributed by atoms with E-state index in [1.807, 2.05) is 31.2 Å². The molecule has 0 unspecified atom stereocenters. The van der Waals surface area contributed by atoms with Crippen molar-refractivity contribution in [2.75, 3.05) is 11.9 Å². The van der Waals surface area contributed by atoms with Gasteiger partial charge in [-0.15, -0.1) is 0 Å². The van der Waals surface area contributed by atoms with Gasteiger partial charge >= 0.3 is 0 Å². The van der Waals surface area contributed by atoms with E-state index in [9.17, 15) is 4.79 Å². The van der Waals surface area contributed by atoms with Gasteiger partial charge in [-0.3, -0.25) is 4.79 Å². The standard InChI is InChI=1S/C14H18N2O/c1-2-6-14(17)16-13-8-4-3-7-11(13)12-9-5-10-15-12/h3-4,7-9,15H,2,5-6,10H2,1H3,(H,16,17). The molecule has 0 spiro atoms. The molecule has 1 aliphatic heterocycles. The number of carbonyl (C=O) groups excluding carboxylic acids is 1. The Morgan fingerprint density at radius 2 is 2.24 bits per heavy atom.